The standard InChI is InChI=1S/C16H17N7O/c17-16-18-14-6-7-22(10-13(14)15(24)19-16)8-11-9-23(21-20-11)12-4-2-1-3-5-12/h1-5,9H,6-8,10H2,(H3,17,18,19,24). The number of H-pyrrole nitrogens is 1. The highest BCUT2D eigenvalue weighted by atomic mass is 16.1. The van der Waals surface area contributed by atoms with Crippen LogP contribution in [0.25, 0.3) is 5.69 Å². The number of anilines is 1. The van der Waals surface area contributed by atoms with Gasteiger partial charge in [0.15, 0.2) is 0 Å². The summed E-state index contributed by atoms with van der Waals surface area (Å²) in [5, 5.41) is 8.40. The van der Waals surface area contributed by atoms with Gasteiger partial charge in [0.2, 0.25) is 5.95 Å². The van der Waals surface area contributed by atoms with E-state index in [1.54, 1.807) is 4.68 Å². The number of para-hydroxylation sites is 1. The molecule has 2 aromatic heterocycles. The lowest BCUT2D eigenvalue weighted by Crippen LogP contribution is -2.35. The molecule has 0 spiro atoms. The molecule has 0 fully saturated rings. The summed E-state index contributed by atoms with van der Waals surface area (Å²) in [5.74, 6) is 0.179. The number of hydrogen-bond donors (Lipinski definition) is 2. The van der Waals surface area contributed by atoms with Crippen molar-refractivity contribution in [2.24, 2.45) is 0 Å². The van der Waals surface area contributed by atoms with Crippen LogP contribution in [-0.2, 0) is 19.5 Å². The zero-order valence-corrected chi connectivity index (χ0v) is 13.0. The minimum atomic E-state index is -0.157. The summed E-state index contributed by atoms with van der Waals surface area (Å²) in [6.07, 6.45) is 2.62. The van der Waals surface area contributed by atoms with Crippen molar-refractivity contribution in [2.45, 2.75) is 19.5 Å². The molecule has 0 radical (unpaired) electrons. The number of nitrogens with two attached hydrogens (primary N) is 1. The Morgan fingerprint density at radius 1 is 1.25 bits per heavy atom. The first-order chi connectivity index (χ1) is 11.7. The molecule has 0 unspecified atom stereocenters. The number of nitrogens with zero attached hydrogens (tertiary/aromatic N) is 5. The summed E-state index contributed by atoms with van der Waals surface area (Å²) >= 11 is 0. The molecule has 1 aliphatic heterocycles. The highest BCUT2D eigenvalue weighted by Gasteiger charge is 2.21. The predicted molar refractivity (Wildman–Crippen MR) is 88.4 cm³/mol. The van der Waals surface area contributed by atoms with Gasteiger partial charge in [0, 0.05) is 26.1 Å². The first kappa shape index (κ1) is 14.6. The number of aromatic amines is 1. The molecule has 0 saturated heterocycles. The Bertz CT molecular complexity index is 916. The molecular formula is C16H17N7O. The maximum absolute atomic E-state index is 12.0. The van der Waals surface area contributed by atoms with E-state index in [1.165, 1.54) is 0 Å². The molecule has 8 heteroatoms. The SMILES string of the molecule is Nc1nc2c(c(=O)[nH]1)CN(Cc1cn(-c3ccccc3)nn1)CC2. The number of hydrogen-bond acceptors (Lipinski definition) is 6. The quantitative estimate of drug-likeness (QED) is 0.727. The predicted octanol–water partition coefficient (Wildman–Crippen LogP) is 0.491. The summed E-state index contributed by atoms with van der Waals surface area (Å²) in [5.41, 5.74) is 8.75. The van der Waals surface area contributed by atoms with Gasteiger partial charge in [0.05, 0.1) is 28.8 Å². The van der Waals surface area contributed by atoms with E-state index in [1.807, 2.05) is 36.5 Å². The number of fused-ring (bicyclic) bond motifs is 1. The molecule has 3 heterocycles. The fourth-order valence-corrected chi connectivity index (χ4v) is 2.94. The van der Waals surface area contributed by atoms with Crippen molar-refractivity contribution >= 4 is 5.95 Å². The molecule has 3 aromatic rings. The van der Waals surface area contributed by atoms with Crippen LogP contribution in [0.4, 0.5) is 5.95 Å². The monoisotopic (exact) mass is 323 g/mol. The third kappa shape index (κ3) is 2.79. The molecule has 1 aliphatic rings. The van der Waals surface area contributed by atoms with Gasteiger partial charge in [-0.05, 0) is 12.1 Å². The van der Waals surface area contributed by atoms with Gasteiger partial charge in [-0.25, -0.2) is 9.67 Å². The number of nitrogen functional groups attached to an aromatic ring is 1. The summed E-state index contributed by atoms with van der Waals surface area (Å²) in [4.78, 5) is 21.0. The summed E-state index contributed by atoms with van der Waals surface area (Å²) in [7, 11) is 0. The summed E-state index contributed by atoms with van der Waals surface area (Å²) < 4.78 is 1.75. The highest BCUT2D eigenvalue weighted by molar-refractivity contribution is 5.30. The highest BCUT2D eigenvalue weighted by Crippen LogP contribution is 2.16. The third-order valence-corrected chi connectivity index (χ3v) is 4.11. The minimum absolute atomic E-state index is 0.157. The molecule has 0 saturated carbocycles. The van der Waals surface area contributed by atoms with Crippen molar-refractivity contribution in [2.75, 3.05) is 12.3 Å². The van der Waals surface area contributed by atoms with Crippen molar-refractivity contribution in [1.29, 1.82) is 0 Å². The molecule has 0 atom stereocenters. The number of rotatable bonds is 3. The Labute approximate surface area is 137 Å². The first-order valence-electron chi connectivity index (χ1n) is 7.75. The van der Waals surface area contributed by atoms with Crippen molar-refractivity contribution in [3.05, 3.63) is 63.8 Å². The van der Waals surface area contributed by atoms with Crippen LogP contribution in [0.5, 0.6) is 0 Å². The van der Waals surface area contributed by atoms with Crippen LogP contribution in [0.3, 0.4) is 0 Å². The Hall–Kier alpha value is -3.00. The van der Waals surface area contributed by atoms with E-state index in [4.69, 9.17) is 5.73 Å². The summed E-state index contributed by atoms with van der Waals surface area (Å²) in [6, 6.07) is 9.84. The molecule has 24 heavy (non-hydrogen) atoms. The molecule has 8 nitrogen and oxygen atoms in total. The normalized spacial score (nSPS) is 14.5. The van der Waals surface area contributed by atoms with Crippen LogP contribution >= 0.6 is 0 Å². The second-order valence-corrected chi connectivity index (χ2v) is 5.83. The molecule has 122 valence electrons. The zero-order valence-electron chi connectivity index (χ0n) is 13.0. The molecule has 0 bridgehead atoms. The van der Waals surface area contributed by atoms with Gasteiger partial charge < -0.3 is 5.73 Å². The number of aromatic nitrogens is 5. The lowest BCUT2D eigenvalue weighted by Gasteiger charge is -2.26. The van der Waals surface area contributed by atoms with E-state index in [-0.39, 0.29) is 11.5 Å². The largest absolute Gasteiger partial charge is 0.369 e. The average Bonchev–Trinajstić information content (AvgIpc) is 3.05. The van der Waals surface area contributed by atoms with Gasteiger partial charge >= 0.3 is 0 Å². The maximum Gasteiger partial charge on any atom is 0.257 e. The van der Waals surface area contributed by atoms with Crippen LogP contribution in [-0.4, -0.2) is 36.4 Å². The van der Waals surface area contributed by atoms with Gasteiger partial charge in [-0.3, -0.25) is 14.7 Å². The Morgan fingerprint density at radius 3 is 2.92 bits per heavy atom. The van der Waals surface area contributed by atoms with E-state index >= 15 is 0 Å². The van der Waals surface area contributed by atoms with E-state index in [2.05, 4.69) is 25.2 Å². The minimum Gasteiger partial charge on any atom is -0.369 e. The van der Waals surface area contributed by atoms with Gasteiger partial charge in [-0.2, -0.15) is 0 Å². The first-order valence-corrected chi connectivity index (χ1v) is 7.75. The molecular weight excluding hydrogens is 306 g/mol. The topological polar surface area (TPSA) is 106 Å². The van der Waals surface area contributed by atoms with E-state index in [0.29, 0.717) is 25.1 Å². The van der Waals surface area contributed by atoms with Crippen LogP contribution in [0.1, 0.15) is 17.0 Å². The second kappa shape index (κ2) is 5.89. The lowest BCUT2D eigenvalue weighted by atomic mass is 10.1. The van der Waals surface area contributed by atoms with Crippen molar-refractivity contribution in [3.8, 4) is 5.69 Å². The Morgan fingerprint density at radius 2 is 2.08 bits per heavy atom. The lowest BCUT2D eigenvalue weighted by molar-refractivity contribution is 0.239. The van der Waals surface area contributed by atoms with Gasteiger partial charge in [0.1, 0.15) is 0 Å². The Kier molecular flexibility index (Phi) is 3.58. The third-order valence-electron chi connectivity index (χ3n) is 4.11. The van der Waals surface area contributed by atoms with Gasteiger partial charge in [-0.15, -0.1) is 5.10 Å². The van der Waals surface area contributed by atoms with Crippen LogP contribution < -0.4 is 11.3 Å². The number of nitrogens with one attached hydrogen (secondary N) is 1. The fraction of sp³-hybridized carbons (Fsp3) is 0.250. The molecule has 3 N–H and O–H groups in total. The van der Waals surface area contributed by atoms with Crippen molar-refractivity contribution < 1.29 is 0 Å². The Balaban J connectivity index is 1.51. The summed E-state index contributed by atoms with van der Waals surface area (Å²) in [6.45, 7) is 1.98. The van der Waals surface area contributed by atoms with Gasteiger partial charge in [-0.1, -0.05) is 23.4 Å². The van der Waals surface area contributed by atoms with Crippen molar-refractivity contribution in [1.82, 2.24) is 29.9 Å². The zero-order chi connectivity index (χ0) is 16.5. The van der Waals surface area contributed by atoms with Crippen LogP contribution in [0.2, 0.25) is 0 Å². The van der Waals surface area contributed by atoms with E-state index < -0.39 is 0 Å². The van der Waals surface area contributed by atoms with E-state index in [9.17, 15) is 4.79 Å². The molecule has 0 aliphatic carbocycles. The second-order valence-electron chi connectivity index (χ2n) is 5.83. The molecule has 4 rings (SSSR count). The van der Waals surface area contributed by atoms with Crippen molar-refractivity contribution in [3.63, 3.8) is 0 Å². The molecule has 0 amide bonds. The van der Waals surface area contributed by atoms with Crippen LogP contribution in [0, 0.1) is 0 Å². The molecule has 1 aromatic carbocycles. The van der Waals surface area contributed by atoms with E-state index in [0.717, 1.165) is 23.6 Å². The average molecular weight is 323 g/mol. The maximum atomic E-state index is 12.0. The number of benzene rings is 1. The smallest absolute Gasteiger partial charge is 0.257 e. The fourth-order valence-electron chi connectivity index (χ4n) is 2.94. The van der Waals surface area contributed by atoms with Crippen LogP contribution in [0.15, 0.2) is 41.3 Å². The van der Waals surface area contributed by atoms with Gasteiger partial charge in [0.25, 0.3) is 5.56 Å².